The average molecular weight is 469 g/mol. The van der Waals surface area contributed by atoms with Gasteiger partial charge in [0, 0.05) is 24.0 Å². The summed E-state index contributed by atoms with van der Waals surface area (Å²) in [4.78, 5) is 25.6. The van der Waals surface area contributed by atoms with Gasteiger partial charge in [0.2, 0.25) is 0 Å². The number of nitrogens with zero attached hydrogens (tertiary/aromatic N) is 3. The zero-order chi connectivity index (χ0) is 22.7. The van der Waals surface area contributed by atoms with Crippen molar-refractivity contribution in [3.05, 3.63) is 82.2 Å². The molecular formula is C22H18Cl2N6O2. The normalized spacial score (nSPS) is 10.7. The minimum absolute atomic E-state index is 0.105. The number of para-hydroxylation sites is 1. The van der Waals surface area contributed by atoms with Crippen molar-refractivity contribution in [1.29, 1.82) is 0 Å². The van der Waals surface area contributed by atoms with Gasteiger partial charge in [0.15, 0.2) is 5.69 Å². The number of benzene rings is 2. The predicted octanol–water partition coefficient (Wildman–Crippen LogP) is 5.10. The van der Waals surface area contributed by atoms with Crippen LogP contribution in [0.15, 0.2) is 60.8 Å². The number of amides is 2. The fourth-order valence-corrected chi connectivity index (χ4v) is 3.28. The Bertz CT molecular complexity index is 1280. The summed E-state index contributed by atoms with van der Waals surface area (Å²) in [6, 6.07) is 15.7. The molecule has 3 N–H and O–H groups in total. The highest BCUT2D eigenvalue weighted by molar-refractivity contribution is 6.42. The highest BCUT2D eigenvalue weighted by Gasteiger charge is 2.20. The number of aromatic nitrogens is 4. The molecule has 0 fully saturated rings. The van der Waals surface area contributed by atoms with Gasteiger partial charge < -0.3 is 10.6 Å². The van der Waals surface area contributed by atoms with E-state index in [9.17, 15) is 9.59 Å². The first-order valence-electron chi connectivity index (χ1n) is 9.70. The maximum absolute atomic E-state index is 12.8. The molecule has 0 spiro atoms. The number of hydrogen-bond donors (Lipinski definition) is 3. The minimum atomic E-state index is -0.465. The Morgan fingerprint density at radius 3 is 2.50 bits per heavy atom. The molecule has 0 aliphatic heterocycles. The molecule has 0 saturated heterocycles. The van der Waals surface area contributed by atoms with Crippen LogP contribution in [0.2, 0.25) is 10.0 Å². The third-order valence-corrected chi connectivity index (χ3v) is 5.36. The van der Waals surface area contributed by atoms with Crippen LogP contribution in [0.1, 0.15) is 27.9 Å². The summed E-state index contributed by atoms with van der Waals surface area (Å²) in [6.07, 6.45) is 1.61. The van der Waals surface area contributed by atoms with Crippen molar-refractivity contribution in [2.45, 2.75) is 13.5 Å². The minimum Gasteiger partial charge on any atom is -0.321 e. The fourth-order valence-electron chi connectivity index (χ4n) is 2.99. The molecule has 8 nitrogen and oxygen atoms in total. The number of hydrogen-bond acceptors (Lipinski definition) is 4. The average Bonchev–Trinajstić information content (AvgIpc) is 3.44. The lowest BCUT2D eigenvalue weighted by atomic mass is 10.1. The number of carbonyl (C=O) groups is 2. The van der Waals surface area contributed by atoms with E-state index in [4.69, 9.17) is 23.2 Å². The Hall–Kier alpha value is -3.62. The number of halogens is 2. The molecular weight excluding hydrogens is 451 g/mol. The zero-order valence-corrected chi connectivity index (χ0v) is 18.4. The van der Waals surface area contributed by atoms with Crippen molar-refractivity contribution >= 4 is 46.4 Å². The molecule has 162 valence electrons. The van der Waals surface area contributed by atoms with Gasteiger partial charge >= 0.3 is 0 Å². The molecule has 2 amide bonds. The number of nitrogens with one attached hydrogen (secondary N) is 3. The quantitative estimate of drug-likeness (QED) is 0.365. The number of H-pyrrole nitrogens is 1. The Labute approximate surface area is 193 Å². The first-order chi connectivity index (χ1) is 15.4. The third-order valence-electron chi connectivity index (χ3n) is 4.62. The van der Waals surface area contributed by atoms with E-state index in [1.807, 2.05) is 25.1 Å². The fraction of sp³-hybridized carbons (Fsp3) is 0.0909. The Morgan fingerprint density at radius 2 is 1.78 bits per heavy atom. The second kappa shape index (κ2) is 9.25. The lowest BCUT2D eigenvalue weighted by molar-refractivity contribution is 0.102. The van der Waals surface area contributed by atoms with Gasteiger partial charge in [-0.2, -0.15) is 10.2 Å². The van der Waals surface area contributed by atoms with Gasteiger partial charge in [0.25, 0.3) is 11.8 Å². The molecule has 0 bridgehead atoms. The van der Waals surface area contributed by atoms with E-state index in [0.717, 1.165) is 0 Å². The van der Waals surface area contributed by atoms with E-state index < -0.39 is 11.8 Å². The summed E-state index contributed by atoms with van der Waals surface area (Å²) in [5, 5.41) is 17.5. The summed E-state index contributed by atoms with van der Waals surface area (Å²) < 4.78 is 1.57. The van der Waals surface area contributed by atoms with Crippen LogP contribution in [-0.4, -0.2) is 31.8 Å². The van der Waals surface area contributed by atoms with Gasteiger partial charge in [-0.25, -0.2) is 0 Å². The number of aryl methyl sites for hydroxylation is 1. The topological polar surface area (TPSA) is 105 Å². The van der Waals surface area contributed by atoms with E-state index >= 15 is 0 Å². The molecule has 0 unspecified atom stereocenters. The molecule has 4 aromatic rings. The molecule has 4 rings (SSSR count). The molecule has 0 aliphatic rings. The second-order valence-electron chi connectivity index (χ2n) is 6.82. The maximum Gasteiger partial charge on any atom is 0.278 e. The first kappa shape index (κ1) is 21.6. The van der Waals surface area contributed by atoms with Crippen LogP contribution in [0, 0.1) is 0 Å². The standard InChI is InChI=1S/C22H18Cl2N6O2/c1-2-30-12-19(20(29-30)22(32)25-14-6-4-3-5-7-14)26-21(31)18-11-17(27-28-18)13-8-9-15(23)16(24)10-13/h3-12H,2H2,1H3,(H,25,32)(H,26,31)(H,27,28). The van der Waals surface area contributed by atoms with Gasteiger partial charge in [-0.1, -0.05) is 47.5 Å². The maximum atomic E-state index is 12.8. The van der Waals surface area contributed by atoms with Gasteiger partial charge in [-0.3, -0.25) is 19.4 Å². The highest BCUT2D eigenvalue weighted by Crippen LogP contribution is 2.28. The van der Waals surface area contributed by atoms with Crippen LogP contribution >= 0.6 is 23.2 Å². The Balaban J connectivity index is 1.54. The lowest BCUT2D eigenvalue weighted by Gasteiger charge is -2.05. The van der Waals surface area contributed by atoms with Crippen LogP contribution in [0.25, 0.3) is 11.3 Å². The summed E-state index contributed by atoms with van der Waals surface area (Å²) in [7, 11) is 0. The van der Waals surface area contributed by atoms with Crippen LogP contribution in [0.4, 0.5) is 11.4 Å². The molecule has 2 heterocycles. The van der Waals surface area contributed by atoms with Crippen molar-refractivity contribution in [3.8, 4) is 11.3 Å². The van der Waals surface area contributed by atoms with Crippen molar-refractivity contribution in [2.75, 3.05) is 10.6 Å². The lowest BCUT2D eigenvalue weighted by Crippen LogP contribution is -2.18. The molecule has 2 aromatic heterocycles. The van der Waals surface area contributed by atoms with E-state index in [2.05, 4.69) is 25.9 Å². The second-order valence-corrected chi connectivity index (χ2v) is 7.63. The van der Waals surface area contributed by atoms with Crippen LogP contribution in [-0.2, 0) is 6.54 Å². The van der Waals surface area contributed by atoms with Crippen LogP contribution in [0.5, 0.6) is 0 Å². The molecule has 2 aromatic carbocycles. The van der Waals surface area contributed by atoms with E-state index in [1.165, 1.54) is 0 Å². The predicted molar refractivity (Wildman–Crippen MR) is 124 cm³/mol. The van der Waals surface area contributed by atoms with E-state index in [-0.39, 0.29) is 17.1 Å². The van der Waals surface area contributed by atoms with Gasteiger partial charge in [0.1, 0.15) is 5.69 Å². The monoisotopic (exact) mass is 468 g/mol. The van der Waals surface area contributed by atoms with E-state index in [1.54, 1.807) is 47.3 Å². The number of aromatic amines is 1. The summed E-state index contributed by atoms with van der Waals surface area (Å²) >= 11 is 12.0. The summed E-state index contributed by atoms with van der Waals surface area (Å²) in [5.74, 6) is -0.895. The number of anilines is 2. The highest BCUT2D eigenvalue weighted by atomic mass is 35.5. The largest absolute Gasteiger partial charge is 0.321 e. The smallest absolute Gasteiger partial charge is 0.278 e. The number of rotatable bonds is 6. The molecule has 0 saturated carbocycles. The summed E-state index contributed by atoms with van der Waals surface area (Å²) in [6.45, 7) is 2.42. The first-order valence-corrected chi connectivity index (χ1v) is 10.5. The SMILES string of the molecule is CCn1cc(NC(=O)c2cc(-c3ccc(Cl)c(Cl)c3)n[nH]2)c(C(=O)Nc2ccccc2)n1. The van der Waals surface area contributed by atoms with Gasteiger partial charge in [-0.05, 0) is 37.3 Å². The Kier molecular flexibility index (Phi) is 6.25. The molecule has 0 radical (unpaired) electrons. The van der Waals surface area contributed by atoms with Gasteiger partial charge in [0.05, 0.1) is 21.4 Å². The van der Waals surface area contributed by atoms with Crippen molar-refractivity contribution in [2.24, 2.45) is 0 Å². The van der Waals surface area contributed by atoms with Crippen molar-refractivity contribution in [3.63, 3.8) is 0 Å². The van der Waals surface area contributed by atoms with E-state index in [0.29, 0.717) is 33.5 Å². The van der Waals surface area contributed by atoms with Gasteiger partial charge in [-0.15, -0.1) is 0 Å². The van der Waals surface area contributed by atoms with Crippen LogP contribution < -0.4 is 10.6 Å². The molecule has 10 heteroatoms. The third kappa shape index (κ3) is 4.66. The van der Waals surface area contributed by atoms with Crippen molar-refractivity contribution in [1.82, 2.24) is 20.0 Å². The molecule has 0 atom stereocenters. The molecule has 0 aliphatic carbocycles. The summed E-state index contributed by atoms with van der Waals surface area (Å²) in [5.41, 5.74) is 2.46. The van der Waals surface area contributed by atoms with Crippen molar-refractivity contribution < 1.29 is 9.59 Å². The Morgan fingerprint density at radius 1 is 1.00 bits per heavy atom. The number of carbonyl (C=O) groups excluding carboxylic acids is 2. The zero-order valence-electron chi connectivity index (χ0n) is 16.9. The molecule has 32 heavy (non-hydrogen) atoms. The van der Waals surface area contributed by atoms with Crippen LogP contribution in [0.3, 0.4) is 0 Å².